The average Bonchev–Trinajstić information content (AvgIpc) is 2.82. The summed E-state index contributed by atoms with van der Waals surface area (Å²) in [6.45, 7) is 2.48. The molecule has 3 aromatic carbocycles. The van der Waals surface area contributed by atoms with E-state index in [2.05, 4.69) is 5.32 Å². The van der Waals surface area contributed by atoms with Gasteiger partial charge in [0, 0.05) is 0 Å². The SMILES string of the molecule is COC(=O)c1ccccc1NC(=O)/C(C#N)=C/c1ccc(OCc2ccc(C)cc2)cc1. The molecule has 0 bridgehead atoms. The second-order valence-electron chi connectivity index (χ2n) is 7.00. The first-order valence-electron chi connectivity index (χ1n) is 9.89. The molecule has 0 atom stereocenters. The number of ether oxygens (including phenoxy) is 2. The van der Waals surface area contributed by atoms with Crippen LogP contribution in [0.4, 0.5) is 5.69 Å². The van der Waals surface area contributed by atoms with Crippen molar-refractivity contribution >= 4 is 23.6 Å². The van der Waals surface area contributed by atoms with Crippen LogP contribution in [0.2, 0.25) is 0 Å². The van der Waals surface area contributed by atoms with Crippen molar-refractivity contribution in [3.63, 3.8) is 0 Å². The number of nitrogens with zero attached hydrogens (tertiary/aromatic N) is 1. The normalized spacial score (nSPS) is 10.7. The van der Waals surface area contributed by atoms with E-state index in [1.807, 2.05) is 37.3 Å². The number of hydrogen-bond donors (Lipinski definition) is 1. The van der Waals surface area contributed by atoms with Crippen molar-refractivity contribution in [2.45, 2.75) is 13.5 Å². The highest BCUT2D eigenvalue weighted by atomic mass is 16.5. The Morgan fingerprint density at radius 3 is 2.34 bits per heavy atom. The maximum atomic E-state index is 12.6. The smallest absolute Gasteiger partial charge is 0.339 e. The zero-order chi connectivity index (χ0) is 22.9. The van der Waals surface area contributed by atoms with Gasteiger partial charge in [0.25, 0.3) is 5.91 Å². The van der Waals surface area contributed by atoms with Crippen LogP contribution in [0.15, 0.2) is 78.4 Å². The molecule has 0 saturated heterocycles. The zero-order valence-electron chi connectivity index (χ0n) is 17.8. The van der Waals surface area contributed by atoms with Crippen LogP contribution in [0.1, 0.15) is 27.0 Å². The molecule has 1 N–H and O–H groups in total. The van der Waals surface area contributed by atoms with Crippen molar-refractivity contribution in [1.82, 2.24) is 0 Å². The van der Waals surface area contributed by atoms with E-state index in [4.69, 9.17) is 9.47 Å². The van der Waals surface area contributed by atoms with Crippen LogP contribution in [-0.2, 0) is 16.1 Å². The molecule has 0 heterocycles. The first kappa shape index (κ1) is 22.3. The third kappa shape index (κ3) is 5.83. The van der Waals surface area contributed by atoms with Gasteiger partial charge in [-0.25, -0.2) is 4.79 Å². The molecule has 1 amide bonds. The van der Waals surface area contributed by atoms with Gasteiger partial charge in [0.2, 0.25) is 0 Å². The summed E-state index contributed by atoms with van der Waals surface area (Å²) in [7, 11) is 1.26. The fourth-order valence-electron chi connectivity index (χ4n) is 2.90. The summed E-state index contributed by atoms with van der Waals surface area (Å²) in [5, 5.41) is 12.0. The molecule has 0 aliphatic carbocycles. The molecule has 0 spiro atoms. The molecule has 0 fully saturated rings. The highest BCUT2D eigenvalue weighted by Crippen LogP contribution is 2.19. The molecule has 0 radical (unpaired) electrons. The Labute approximate surface area is 186 Å². The topological polar surface area (TPSA) is 88.4 Å². The van der Waals surface area contributed by atoms with Crippen molar-refractivity contribution in [1.29, 1.82) is 5.26 Å². The lowest BCUT2D eigenvalue weighted by Crippen LogP contribution is -2.16. The lowest BCUT2D eigenvalue weighted by molar-refractivity contribution is -0.112. The number of rotatable bonds is 7. The summed E-state index contributed by atoms with van der Waals surface area (Å²) in [6.07, 6.45) is 1.47. The van der Waals surface area contributed by atoms with E-state index in [-0.39, 0.29) is 16.8 Å². The molecule has 6 heteroatoms. The molecular weight excluding hydrogens is 404 g/mol. The minimum atomic E-state index is -0.622. The summed E-state index contributed by atoms with van der Waals surface area (Å²) in [6, 6.07) is 23.5. The Bertz CT molecular complexity index is 1170. The van der Waals surface area contributed by atoms with Gasteiger partial charge >= 0.3 is 5.97 Å². The maximum Gasteiger partial charge on any atom is 0.339 e. The van der Waals surface area contributed by atoms with E-state index in [0.717, 1.165) is 5.56 Å². The predicted molar refractivity (Wildman–Crippen MR) is 122 cm³/mol. The molecule has 0 unspecified atom stereocenters. The molecule has 0 aliphatic rings. The number of hydrogen-bond acceptors (Lipinski definition) is 5. The number of carbonyl (C=O) groups is 2. The zero-order valence-corrected chi connectivity index (χ0v) is 17.8. The van der Waals surface area contributed by atoms with E-state index in [1.165, 1.54) is 24.8 Å². The first-order valence-corrected chi connectivity index (χ1v) is 9.89. The summed E-state index contributed by atoms with van der Waals surface area (Å²) in [4.78, 5) is 24.5. The molecule has 0 saturated carbocycles. The second-order valence-corrected chi connectivity index (χ2v) is 7.00. The van der Waals surface area contributed by atoms with Crippen molar-refractivity contribution in [3.8, 4) is 11.8 Å². The number of para-hydroxylation sites is 1. The first-order chi connectivity index (χ1) is 15.5. The van der Waals surface area contributed by atoms with Gasteiger partial charge in [-0.3, -0.25) is 4.79 Å². The molecule has 6 nitrogen and oxygen atoms in total. The maximum absolute atomic E-state index is 12.6. The monoisotopic (exact) mass is 426 g/mol. The van der Waals surface area contributed by atoms with E-state index in [0.29, 0.717) is 17.9 Å². The lowest BCUT2D eigenvalue weighted by atomic mass is 10.1. The van der Waals surface area contributed by atoms with E-state index in [9.17, 15) is 14.9 Å². The van der Waals surface area contributed by atoms with Crippen LogP contribution >= 0.6 is 0 Å². The summed E-state index contributed by atoms with van der Waals surface area (Å²) in [5.41, 5.74) is 3.30. The number of aryl methyl sites for hydroxylation is 1. The molecule has 160 valence electrons. The van der Waals surface area contributed by atoms with Crippen molar-refractivity contribution in [2.24, 2.45) is 0 Å². The molecule has 3 rings (SSSR count). The number of carbonyl (C=O) groups excluding carboxylic acids is 2. The molecule has 32 heavy (non-hydrogen) atoms. The van der Waals surface area contributed by atoms with Gasteiger partial charge in [-0.15, -0.1) is 0 Å². The van der Waals surface area contributed by atoms with Gasteiger partial charge in [-0.05, 0) is 48.4 Å². The largest absolute Gasteiger partial charge is 0.489 e. The lowest BCUT2D eigenvalue weighted by Gasteiger charge is -2.09. The summed E-state index contributed by atoms with van der Waals surface area (Å²) < 4.78 is 10.5. The van der Waals surface area contributed by atoms with Crippen LogP contribution < -0.4 is 10.1 Å². The minimum Gasteiger partial charge on any atom is -0.489 e. The third-order valence-corrected chi connectivity index (χ3v) is 4.66. The predicted octanol–water partition coefficient (Wildman–Crippen LogP) is 4.91. The number of benzene rings is 3. The number of amides is 1. The molecule has 0 aromatic heterocycles. The van der Waals surface area contributed by atoms with Crippen molar-refractivity contribution in [2.75, 3.05) is 12.4 Å². The van der Waals surface area contributed by atoms with Gasteiger partial charge in [0.15, 0.2) is 0 Å². The van der Waals surface area contributed by atoms with Crippen LogP contribution in [0, 0.1) is 18.3 Å². The Hall–Kier alpha value is -4.37. The Morgan fingerprint density at radius 2 is 1.69 bits per heavy atom. The summed E-state index contributed by atoms with van der Waals surface area (Å²) in [5.74, 6) is -0.522. The Kier molecular flexibility index (Phi) is 7.39. The third-order valence-electron chi connectivity index (χ3n) is 4.66. The van der Waals surface area contributed by atoms with Gasteiger partial charge < -0.3 is 14.8 Å². The van der Waals surface area contributed by atoms with E-state index >= 15 is 0 Å². The van der Waals surface area contributed by atoms with Gasteiger partial charge in [-0.2, -0.15) is 5.26 Å². The van der Waals surface area contributed by atoms with Crippen LogP contribution in [-0.4, -0.2) is 19.0 Å². The average molecular weight is 426 g/mol. The minimum absolute atomic E-state index is 0.0991. The second kappa shape index (κ2) is 10.6. The number of esters is 1. The molecule has 3 aromatic rings. The fraction of sp³-hybridized carbons (Fsp3) is 0.115. The quantitative estimate of drug-likeness (QED) is 0.330. The van der Waals surface area contributed by atoms with Gasteiger partial charge in [0.1, 0.15) is 24.0 Å². The van der Waals surface area contributed by atoms with E-state index < -0.39 is 11.9 Å². The van der Waals surface area contributed by atoms with Gasteiger partial charge in [-0.1, -0.05) is 54.1 Å². The number of nitriles is 1. The Morgan fingerprint density at radius 1 is 1.00 bits per heavy atom. The number of nitrogens with one attached hydrogen (secondary N) is 1. The number of anilines is 1. The van der Waals surface area contributed by atoms with Crippen LogP contribution in [0.5, 0.6) is 5.75 Å². The highest BCUT2D eigenvalue weighted by molar-refractivity contribution is 6.11. The molecular formula is C26H22N2O4. The Balaban J connectivity index is 1.68. The standard InChI is InChI=1S/C26H22N2O4/c1-18-7-9-20(10-8-18)17-32-22-13-11-19(12-14-22)15-21(16-27)25(29)28-24-6-4-3-5-23(24)26(30)31-2/h3-15H,17H2,1-2H3,(H,28,29)/b21-15+. The van der Waals surface area contributed by atoms with Crippen molar-refractivity contribution < 1.29 is 19.1 Å². The van der Waals surface area contributed by atoms with E-state index in [1.54, 1.807) is 42.5 Å². The van der Waals surface area contributed by atoms with Crippen LogP contribution in [0.25, 0.3) is 6.08 Å². The fourth-order valence-corrected chi connectivity index (χ4v) is 2.90. The van der Waals surface area contributed by atoms with Gasteiger partial charge in [0.05, 0.1) is 18.4 Å². The highest BCUT2D eigenvalue weighted by Gasteiger charge is 2.15. The molecule has 0 aliphatic heterocycles. The van der Waals surface area contributed by atoms with Crippen molar-refractivity contribution in [3.05, 3.63) is 101 Å². The number of methoxy groups -OCH3 is 1. The van der Waals surface area contributed by atoms with Crippen LogP contribution in [0.3, 0.4) is 0 Å². The summed E-state index contributed by atoms with van der Waals surface area (Å²) >= 11 is 0.